The second-order valence-electron chi connectivity index (χ2n) is 8.30. The highest BCUT2D eigenvalue weighted by Crippen LogP contribution is 2.47. The minimum atomic E-state index is -0.371. The third-order valence-corrected chi connectivity index (χ3v) is 7.20. The van der Waals surface area contributed by atoms with Gasteiger partial charge in [-0.1, -0.05) is 11.6 Å². The molecule has 1 aromatic carbocycles. The molecular formula is C20H22ClN3O5S. The van der Waals surface area contributed by atoms with Gasteiger partial charge in [0.1, 0.15) is 5.82 Å². The maximum atomic E-state index is 13.1. The van der Waals surface area contributed by atoms with E-state index in [0.717, 1.165) is 18.4 Å². The van der Waals surface area contributed by atoms with Crippen LogP contribution < -0.4 is 20.3 Å². The number of hydrogen-bond acceptors (Lipinski definition) is 6. The van der Waals surface area contributed by atoms with Crippen LogP contribution in [0.5, 0.6) is 11.5 Å². The molecule has 4 heterocycles. The maximum absolute atomic E-state index is 13.1. The molecule has 10 heteroatoms. The van der Waals surface area contributed by atoms with E-state index in [4.69, 9.17) is 25.8 Å². The van der Waals surface area contributed by atoms with E-state index in [2.05, 4.69) is 10.4 Å². The number of ether oxygens (including phenoxy) is 3. The van der Waals surface area contributed by atoms with Gasteiger partial charge in [-0.3, -0.25) is 19.4 Å². The molecule has 0 radical (unpaired) electrons. The van der Waals surface area contributed by atoms with Crippen molar-refractivity contribution in [2.75, 3.05) is 24.5 Å². The van der Waals surface area contributed by atoms with Gasteiger partial charge in [0, 0.05) is 6.61 Å². The molecule has 1 aromatic heterocycles. The highest BCUT2D eigenvalue weighted by atomic mass is 35.5. The Morgan fingerprint density at radius 3 is 2.90 bits per heavy atom. The summed E-state index contributed by atoms with van der Waals surface area (Å²) < 4.78 is 18.5. The molecule has 0 bridgehead atoms. The topological polar surface area (TPSA) is 94.6 Å². The summed E-state index contributed by atoms with van der Waals surface area (Å²) in [6, 6.07) is 3.63. The number of nitrogens with zero attached hydrogens (tertiary/aromatic N) is 1. The molecule has 2 atom stereocenters. The highest BCUT2D eigenvalue weighted by Gasteiger charge is 2.36. The number of anilines is 1. The molecule has 160 valence electrons. The molecule has 3 aliphatic rings. The van der Waals surface area contributed by atoms with Gasteiger partial charge in [0.2, 0.25) is 12.7 Å². The number of halogens is 1. The van der Waals surface area contributed by atoms with Crippen LogP contribution in [-0.4, -0.2) is 40.4 Å². The van der Waals surface area contributed by atoms with Gasteiger partial charge in [0.05, 0.1) is 33.2 Å². The predicted octanol–water partition coefficient (Wildman–Crippen LogP) is 3.46. The first-order valence-corrected chi connectivity index (χ1v) is 11.2. The lowest BCUT2D eigenvalue weighted by Gasteiger charge is -2.36. The smallest absolute Gasteiger partial charge is 0.270 e. The Balaban J connectivity index is 1.61. The van der Waals surface area contributed by atoms with Gasteiger partial charge < -0.3 is 19.5 Å². The molecule has 1 saturated heterocycles. The minimum Gasteiger partial charge on any atom is -0.454 e. The number of fused-ring (bicyclic) bond motifs is 2. The van der Waals surface area contributed by atoms with Crippen LogP contribution in [0.1, 0.15) is 49.1 Å². The summed E-state index contributed by atoms with van der Waals surface area (Å²) in [4.78, 5) is 25.6. The van der Waals surface area contributed by atoms with E-state index in [1.165, 1.54) is 11.8 Å². The number of aromatic amines is 1. The molecule has 3 aliphatic heterocycles. The first kappa shape index (κ1) is 19.8. The summed E-state index contributed by atoms with van der Waals surface area (Å²) >= 11 is 7.78. The van der Waals surface area contributed by atoms with Crippen molar-refractivity contribution in [3.05, 3.63) is 38.6 Å². The second-order valence-corrected chi connectivity index (χ2v) is 9.80. The summed E-state index contributed by atoms with van der Waals surface area (Å²) in [5.41, 5.74) is 0.792. The lowest BCUT2D eigenvalue weighted by molar-refractivity contribution is -0.113. The number of rotatable bonds is 2. The molecule has 2 N–H and O–H groups in total. The van der Waals surface area contributed by atoms with E-state index in [9.17, 15) is 9.59 Å². The quantitative estimate of drug-likeness (QED) is 0.726. The molecule has 8 nitrogen and oxygen atoms in total. The molecular weight excluding hydrogens is 430 g/mol. The van der Waals surface area contributed by atoms with Crippen molar-refractivity contribution in [3.63, 3.8) is 0 Å². The lowest BCUT2D eigenvalue weighted by Crippen LogP contribution is -2.36. The van der Waals surface area contributed by atoms with Crippen LogP contribution in [0.25, 0.3) is 0 Å². The van der Waals surface area contributed by atoms with Gasteiger partial charge in [-0.05, 0) is 44.4 Å². The van der Waals surface area contributed by atoms with Crippen molar-refractivity contribution in [2.24, 2.45) is 0 Å². The van der Waals surface area contributed by atoms with Crippen LogP contribution in [0.2, 0.25) is 5.02 Å². The van der Waals surface area contributed by atoms with Crippen molar-refractivity contribution in [3.8, 4) is 11.5 Å². The Kier molecular flexibility index (Phi) is 4.79. The Morgan fingerprint density at radius 1 is 1.27 bits per heavy atom. The van der Waals surface area contributed by atoms with Gasteiger partial charge >= 0.3 is 0 Å². The third-order valence-electron chi connectivity index (χ3n) is 5.65. The summed E-state index contributed by atoms with van der Waals surface area (Å²) in [7, 11) is 0. The zero-order chi connectivity index (χ0) is 21.0. The SMILES string of the molecule is CC1(C)CC(n2[nH]c(=O)c3c2NC(=O)CSC3c2cc(Cl)c3c(c2)OCO3)CCO1. The molecule has 2 unspecified atom stereocenters. The average molecular weight is 452 g/mol. The molecule has 0 aliphatic carbocycles. The number of aromatic nitrogens is 2. The zero-order valence-electron chi connectivity index (χ0n) is 16.6. The normalized spacial score (nSPS) is 24.8. The maximum Gasteiger partial charge on any atom is 0.270 e. The third kappa shape index (κ3) is 3.38. The van der Waals surface area contributed by atoms with Gasteiger partial charge in [-0.2, -0.15) is 0 Å². The Hall–Kier alpha value is -2.10. The number of H-pyrrole nitrogens is 1. The van der Waals surface area contributed by atoms with E-state index in [1.54, 1.807) is 6.07 Å². The first-order chi connectivity index (χ1) is 14.3. The fraction of sp³-hybridized carbons (Fsp3) is 0.500. The van der Waals surface area contributed by atoms with Crippen LogP contribution in [0.3, 0.4) is 0 Å². The molecule has 30 heavy (non-hydrogen) atoms. The van der Waals surface area contributed by atoms with Crippen LogP contribution in [-0.2, 0) is 9.53 Å². The van der Waals surface area contributed by atoms with Crippen molar-refractivity contribution >= 4 is 35.1 Å². The van der Waals surface area contributed by atoms with E-state index >= 15 is 0 Å². The van der Waals surface area contributed by atoms with Crippen molar-refractivity contribution in [1.82, 2.24) is 9.78 Å². The number of carbonyl (C=O) groups excluding carboxylic acids is 1. The fourth-order valence-electron chi connectivity index (χ4n) is 4.34. The van der Waals surface area contributed by atoms with E-state index in [-0.39, 0.29) is 40.9 Å². The number of amides is 1. The van der Waals surface area contributed by atoms with Crippen LogP contribution in [0.4, 0.5) is 5.82 Å². The highest BCUT2D eigenvalue weighted by molar-refractivity contribution is 8.00. The number of hydrogen-bond donors (Lipinski definition) is 2. The fourth-order valence-corrected chi connectivity index (χ4v) is 5.72. The van der Waals surface area contributed by atoms with E-state index in [1.807, 2.05) is 24.6 Å². The standard InChI is InChI=1S/C20H22ClN3O5S/c1-20(2)7-11(3-4-29-20)24-18-15(19(26)23-24)17(30-8-14(25)22-18)10-5-12(21)16-13(6-10)27-9-28-16/h5-6,11,17H,3-4,7-9H2,1-2H3,(H,22,25)(H,23,26). The number of nitrogens with one attached hydrogen (secondary N) is 2. The summed E-state index contributed by atoms with van der Waals surface area (Å²) in [6.45, 7) is 4.77. The summed E-state index contributed by atoms with van der Waals surface area (Å²) in [5, 5.41) is 5.96. The van der Waals surface area contributed by atoms with Crippen molar-refractivity contribution < 1.29 is 19.0 Å². The van der Waals surface area contributed by atoms with Crippen molar-refractivity contribution in [2.45, 2.75) is 43.6 Å². The minimum absolute atomic E-state index is 0.0228. The van der Waals surface area contributed by atoms with E-state index in [0.29, 0.717) is 34.5 Å². The lowest BCUT2D eigenvalue weighted by atomic mass is 9.94. The van der Waals surface area contributed by atoms with Gasteiger partial charge in [-0.15, -0.1) is 11.8 Å². The van der Waals surface area contributed by atoms with Crippen LogP contribution in [0, 0.1) is 0 Å². The number of carbonyl (C=O) groups is 1. The predicted molar refractivity (Wildman–Crippen MR) is 114 cm³/mol. The van der Waals surface area contributed by atoms with E-state index < -0.39 is 0 Å². The Labute approximate surface area is 182 Å². The summed E-state index contributed by atoms with van der Waals surface area (Å²) in [5.74, 6) is 1.66. The molecule has 2 aromatic rings. The second kappa shape index (κ2) is 7.25. The van der Waals surface area contributed by atoms with Crippen molar-refractivity contribution in [1.29, 1.82) is 0 Å². The van der Waals surface area contributed by atoms with Crippen LogP contribution >= 0.6 is 23.4 Å². The molecule has 0 spiro atoms. The zero-order valence-corrected chi connectivity index (χ0v) is 18.2. The molecule has 5 rings (SSSR count). The van der Waals surface area contributed by atoms with Gasteiger partial charge in [-0.25, -0.2) is 0 Å². The van der Waals surface area contributed by atoms with Crippen LogP contribution in [0.15, 0.2) is 16.9 Å². The molecule has 1 fully saturated rings. The number of benzene rings is 1. The number of thioether (sulfide) groups is 1. The van der Waals surface area contributed by atoms with Gasteiger partial charge in [0.15, 0.2) is 11.5 Å². The summed E-state index contributed by atoms with van der Waals surface area (Å²) in [6.07, 6.45) is 1.48. The Morgan fingerprint density at radius 2 is 2.10 bits per heavy atom. The first-order valence-electron chi connectivity index (χ1n) is 9.81. The molecule has 0 saturated carbocycles. The molecule has 1 amide bonds. The Bertz CT molecular complexity index is 1080. The average Bonchev–Trinajstić information content (AvgIpc) is 3.22. The largest absolute Gasteiger partial charge is 0.454 e. The van der Waals surface area contributed by atoms with Gasteiger partial charge in [0.25, 0.3) is 5.56 Å². The monoisotopic (exact) mass is 451 g/mol.